The second-order valence-corrected chi connectivity index (χ2v) is 3.99. The van der Waals surface area contributed by atoms with E-state index in [-0.39, 0.29) is 5.69 Å². The fourth-order valence-corrected chi connectivity index (χ4v) is 1.46. The molecule has 1 aromatic rings. The Bertz CT molecular complexity index is 444. The molecular formula is C11H12N2O2. The number of aryl methyl sites for hydroxylation is 1. The Hall–Kier alpha value is -1.89. The van der Waals surface area contributed by atoms with Crippen LogP contribution in [-0.4, -0.2) is 4.92 Å². The largest absolute Gasteiger partial charge is 0.269 e. The van der Waals surface area contributed by atoms with Gasteiger partial charge in [0, 0.05) is 12.1 Å². The highest BCUT2D eigenvalue weighted by molar-refractivity contribution is 5.45. The minimum absolute atomic E-state index is 0.0268. The monoisotopic (exact) mass is 204 g/mol. The van der Waals surface area contributed by atoms with Crippen LogP contribution in [-0.2, 0) is 5.41 Å². The predicted molar refractivity (Wildman–Crippen MR) is 56.5 cm³/mol. The molecule has 0 N–H and O–H groups in total. The zero-order valence-corrected chi connectivity index (χ0v) is 8.94. The van der Waals surface area contributed by atoms with Crippen molar-refractivity contribution in [2.75, 3.05) is 0 Å². The van der Waals surface area contributed by atoms with Crippen molar-refractivity contribution in [3.63, 3.8) is 0 Å². The average Bonchev–Trinajstić information content (AvgIpc) is 2.17. The predicted octanol–water partition coefficient (Wildman–Crippen LogP) is 2.70. The Kier molecular flexibility index (Phi) is 2.76. The normalized spacial score (nSPS) is 10.8. The number of nitriles is 1. The van der Waals surface area contributed by atoms with Gasteiger partial charge in [-0.3, -0.25) is 10.1 Å². The quantitative estimate of drug-likeness (QED) is 0.549. The Labute approximate surface area is 88.3 Å². The van der Waals surface area contributed by atoms with Gasteiger partial charge >= 0.3 is 0 Å². The van der Waals surface area contributed by atoms with E-state index in [9.17, 15) is 10.1 Å². The van der Waals surface area contributed by atoms with Gasteiger partial charge in [0.2, 0.25) is 0 Å². The molecule has 15 heavy (non-hydrogen) atoms. The SMILES string of the molecule is Cc1ccc([N+](=O)[O-])cc1C(C)(C)C#N. The summed E-state index contributed by atoms with van der Waals surface area (Å²) < 4.78 is 0. The maximum atomic E-state index is 10.6. The highest BCUT2D eigenvalue weighted by Gasteiger charge is 2.24. The first kappa shape index (κ1) is 11.2. The van der Waals surface area contributed by atoms with Gasteiger partial charge in [-0.15, -0.1) is 0 Å². The lowest BCUT2D eigenvalue weighted by atomic mass is 9.83. The third-order valence-corrected chi connectivity index (χ3v) is 2.38. The van der Waals surface area contributed by atoms with Gasteiger partial charge in [-0.1, -0.05) is 6.07 Å². The fraction of sp³-hybridized carbons (Fsp3) is 0.364. The molecule has 1 rings (SSSR count). The van der Waals surface area contributed by atoms with Crippen molar-refractivity contribution < 1.29 is 4.92 Å². The van der Waals surface area contributed by atoms with E-state index in [1.807, 2.05) is 6.92 Å². The lowest BCUT2D eigenvalue weighted by Gasteiger charge is -2.17. The zero-order chi connectivity index (χ0) is 11.6. The van der Waals surface area contributed by atoms with Gasteiger partial charge in [-0.2, -0.15) is 5.26 Å². The van der Waals surface area contributed by atoms with Crippen molar-refractivity contribution in [2.45, 2.75) is 26.2 Å². The van der Waals surface area contributed by atoms with E-state index in [1.54, 1.807) is 19.9 Å². The van der Waals surface area contributed by atoms with E-state index in [0.29, 0.717) is 5.56 Å². The lowest BCUT2D eigenvalue weighted by molar-refractivity contribution is -0.385. The van der Waals surface area contributed by atoms with Crippen LogP contribution < -0.4 is 0 Å². The van der Waals surface area contributed by atoms with Crippen LogP contribution >= 0.6 is 0 Å². The van der Waals surface area contributed by atoms with Crippen LogP contribution in [0.3, 0.4) is 0 Å². The number of non-ortho nitro benzene ring substituents is 1. The summed E-state index contributed by atoms with van der Waals surface area (Å²) in [5, 5.41) is 19.6. The number of nitro benzene ring substituents is 1. The van der Waals surface area contributed by atoms with Crippen LogP contribution in [0.25, 0.3) is 0 Å². The van der Waals surface area contributed by atoms with Crippen LogP contribution in [0.4, 0.5) is 5.69 Å². The summed E-state index contributed by atoms with van der Waals surface area (Å²) in [6, 6.07) is 6.74. The Morgan fingerprint density at radius 2 is 2.07 bits per heavy atom. The average molecular weight is 204 g/mol. The molecule has 0 fully saturated rings. The van der Waals surface area contributed by atoms with E-state index in [1.165, 1.54) is 12.1 Å². The smallest absolute Gasteiger partial charge is 0.258 e. The van der Waals surface area contributed by atoms with Crippen LogP contribution in [0.2, 0.25) is 0 Å². The van der Waals surface area contributed by atoms with E-state index in [4.69, 9.17) is 5.26 Å². The molecule has 0 bridgehead atoms. The molecule has 0 saturated heterocycles. The molecule has 0 heterocycles. The van der Waals surface area contributed by atoms with E-state index < -0.39 is 10.3 Å². The van der Waals surface area contributed by atoms with Crippen LogP contribution in [0.15, 0.2) is 18.2 Å². The Morgan fingerprint density at radius 1 is 1.47 bits per heavy atom. The second-order valence-electron chi connectivity index (χ2n) is 3.99. The number of rotatable bonds is 2. The van der Waals surface area contributed by atoms with Crippen molar-refractivity contribution in [2.24, 2.45) is 0 Å². The van der Waals surface area contributed by atoms with Crippen LogP contribution in [0.1, 0.15) is 25.0 Å². The number of hydrogen-bond acceptors (Lipinski definition) is 3. The molecule has 0 amide bonds. The number of nitrogens with zero attached hydrogens (tertiary/aromatic N) is 2. The topological polar surface area (TPSA) is 66.9 Å². The van der Waals surface area contributed by atoms with Crippen LogP contribution in [0.5, 0.6) is 0 Å². The summed E-state index contributed by atoms with van der Waals surface area (Å²) in [5.41, 5.74) is 0.932. The molecule has 4 heteroatoms. The van der Waals surface area contributed by atoms with E-state index in [2.05, 4.69) is 6.07 Å². The summed E-state index contributed by atoms with van der Waals surface area (Å²) in [6.45, 7) is 5.34. The third kappa shape index (κ3) is 2.13. The highest BCUT2D eigenvalue weighted by Crippen LogP contribution is 2.28. The first-order chi connectivity index (χ1) is 6.88. The molecule has 0 atom stereocenters. The van der Waals surface area contributed by atoms with Gasteiger partial charge in [-0.05, 0) is 31.9 Å². The molecule has 0 unspecified atom stereocenters. The van der Waals surface area contributed by atoms with Crippen molar-refractivity contribution in [3.8, 4) is 6.07 Å². The number of nitro groups is 1. The second kappa shape index (κ2) is 3.70. The fourth-order valence-electron chi connectivity index (χ4n) is 1.46. The molecule has 1 aromatic carbocycles. The number of benzene rings is 1. The molecule has 0 aromatic heterocycles. The summed E-state index contributed by atoms with van der Waals surface area (Å²) >= 11 is 0. The van der Waals surface area contributed by atoms with Gasteiger partial charge in [0.1, 0.15) is 0 Å². The summed E-state index contributed by atoms with van der Waals surface area (Å²) in [4.78, 5) is 10.2. The maximum absolute atomic E-state index is 10.6. The molecule has 0 aliphatic carbocycles. The molecule has 78 valence electrons. The molecule has 0 aliphatic heterocycles. The summed E-state index contributed by atoms with van der Waals surface area (Å²) in [6.07, 6.45) is 0. The lowest BCUT2D eigenvalue weighted by Crippen LogP contribution is -2.15. The minimum Gasteiger partial charge on any atom is -0.258 e. The highest BCUT2D eigenvalue weighted by atomic mass is 16.6. The van der Waals surface area contributed by atoms with Gasteiger partial charge in [0.15, 0.2) is 0 Å². The van der Waals surface area contributed by atoms with Crippen molar-refractivity contribution in [1.29, 1.82) is 5.26 Å². The molecule has 4 nitrogen and oxygen atoms in total. The first-order valence-electron chi connectivity index (χ1n) is 4.55. The van der Waals surface area contributed by atoms with Crippen LogP contribution in [0, 0.1) is 28.4 Å². The van der Waals surface area contributed by atoms with Gasteiger partial charge < -0.3 is 0 Å². The van der Waals surface area contributed by atoms with Gasteiger partial charge in [0.05, 0.1) is 16.4 Å². The number of hydrogen-bond donors (Lipinski definition) is 0. The Morgan fingerprint density at radius 3 is 2.53 bits per heavy atom. The van der Waals surface area contributed by atoms with Crippen molar-refractivity contribution in [1.82, 2.24) is 0 Å². The third-order valence-electron chi connectivity index (χ3n) is 2.38. The van der Waals surface area contributed by atoms with Crippen molar-refractivity contribution in [3.05, 3.63) is 39.4 Å². The van der Waals surface area contributed by atoms with Gasteiger partial charge in [-0.25, -0.2) is 0 Å². The van der Waals surface area contributed by atoms with E-state index >= 15 is 0 Å². The Balaban J connectivity index is 3.36. The molecular weight excluding hydrogens is 192 g/mol. The minimum atomic E-state index is -0.698. The van der Waals surface area contributed by atoms with E-state index in [0.717, 1.165) is 5.56 Å². The first-order valence-corrected chi connectivity index (χ1v) is 4.55. The standard InChI is InChI=1S/C11H12N2O2/c1-8-4-5-9(13(14)15)6-10(8)11(2,3)7-12/h4-6H,1-3H3. The van der Waals surface area contributed by atoms with Gasteiger partial charge in [0.25, 0.3) is 5.69 Å². The van der Waals surface area contributed by atoms with Crippen molar-refractivity contribution >= 4 is 5.69 Å². The molecule has 0 aliphatic rings. The maximum Gasteiger partial charge on any atom is 0.269 e. The zero-order valence-electron chi connectivity index (χ0n) is 8.94. The summed E-state index contributed by atoms with van der Waals surface area (Å²) in [7, 11) is 0. The molecule has 0 radical (unpaired) electrons. The summed E-state index contributed by atoms with van der Waals surface area (Å²) in [5.74, 6) is 0. The molecule has 0 spiro atoms. The molecule has 0 saturated carbocycles.